The molecule has 3 rings (SSSR count). The summed E-state index contributed by atoms with van der Waals surface area (Å²) in [4.78, 5) is 16.3. The molecule has 1 aromatic heterocycles. The molecule has 5 heteroatoms. The lowest BCUT2D eigenvalue weighted by Gasteiger charge is -2.04. The van der Waals surface area contributed by atoms with E-state index >= 15 is 0 Å². The molecule has 2 heterocycles. The second kappa shape index (κ2) is 4.50. The van der Waals surface area contributed by atoms with Crippen molar-refractivity contribution in [1.82, 2.24) is 5.32 Å². The number of thioether (sulfide) groups is 1. The SMILES string of the molecule is O=C(NC1=NCCS1)c1cccc2ccsc12. The number of benzene rings is 1. The summed E-state index contributed by atoms with van der Waals surface area (Å²) in [5.74, 6) is 0.893. The highest BCUT2D eigenvalue weighted by atomic mass is 32.2. The van der Waals surface area contributed by atoms with Crippen LogP contribution in [0, 0.1) is 0 Å². The lowest BCUT2D eigenvalue weighted by Crippen LogP contribution is -2.27. The van der Waals surface area contributed by atoms with E-state index in [1.165, 1.54) is 0 Å². The fourth-order valence-corrected chi connectivity index (χ4v) is 3.38. The third kappa shape index (κ3) is 2.08. The molecule has 0 aliphatic carbocycles. The van der Waals surface area contributed by atoms with Crippen molar-refractivity contribution in [3.63, 3.8) is 0 Å². The van der Waals surface area contributed by atoms with Crippen LogP contribution in [0.25, 0.3) is 10.1 Å². The standard InChI is InChI=1S/C12H10N2OS2/c15-11(14-12-13-5-7-17-12)9-3-1-2-8-4-6-16-10(8)9/h1-4,6H,5,7H2,(H,13,14,15). The van der Waals surface area contributed by atoms with E-state index < -0.39 is 0 Å². The second-order valence-corrected chi connectivity index (χ2v) is 5.63. The summed E-state index contributed by atoms with van der Waals surface area (Å²) in [6.07, 6.45) is 0. The maximum absolute atomic E-state index is 12.1. The molecule has 0 atom stereocenters. The first-order valence-corrected chi connectivity index (χ1v) is 7.16. The van der Waals surface area contributed by atoms with Gasteiger partial charge in [0.2, 0.25) is 0 Å². The topological polar surface area (TPSA) is 41.5 Å². The number of carbonyl (C=O) groups is 1. The summed E-state index contributed by atoms with van der Waals surface area (Å²) >= 11 is 3.19. The number of amidine groups is 1. The third-order valence-corrected chi connectivity index (χ3v) is 4.38. The van der Waals surface area contributed by atoms with Crippen molar-refractivity contribution in [1.29, 1.82) is 0 Å². The van der Waals surface area contributed by atoms with Gasteiger partial charge in [-0.1, -0.05) is 23.9 Å². The zero-order valence-corrected chi connectivity index (χ0v) is 10.6. The Bertz CT molecular complexity index is 603. The summed E-state index contributed by atoms with van der Waals surface area (Å²) in [6, 6.07) is 7.81. The van der Waals surface area contributed by atoms with Crippen LogP contribution < -0.4 is 5.32 Å². The van der Waals surface area contributed by atoms with Crippen molar-refractivity contribution < 1.29 is 4.79 Å². The molecule has 1 aliphatic heterocycles. The predicted octanol–water partition coefficient (Wildman–Crippen LogP) is 2.73. The van der Waals surface area contributed by atoms with E-state index in [2.05, 4.69) is 10.3 Å². The Hall–Kier alpha value is -1.33. The van der Waals surface area contributed by atoms with Crippen molar-refractivity contribution in [3.8, 4) is 0 Å². The molecule has 17 heavy (non-hydrogen) atoms. The van der Waals surface area contributed by atoms with E-state index in [1.54, 1.807) is 23.1 Å². The molecule has 1 amide bonds. The zero-order chi connectivity index (χ0) is 11.7. The second-order valence-electron chi connectivity index (χ2n) is 3.63. The number of thiophene rings is 1. The number of rotatable bonds is 1. The Labute approximate surface area is 107 Å². The number of fused-ring (bicyclic) bond motifs is 1. The molecule has 0 spiro atoms. The normalized spacial score (nSPS) is 14.9. The summed E-state index contributed by atoms with van der Waals surface area (Å²) in [5.41, 5.74) is 0.729. The van der Waals surface area contributed by atoms with Gasteiger partial charge < -0.3 is 5.32 Å². The van der Waals surface area contributed by atoms with Crippen LogP contribution in [0.1, 0.15) is 10.4 Å². The molecule has 2 aromatic rings. The molecular weight excluding hydrogens is 252 g/mol. The van der Waals surface area contributed by atoms with E-state index in [9.17, 15) is 4.79 Å². The average Bonchev–Trinajstić information content (AvgIpc) is 2.97. The van der Waals surface area contributed by atoms with E-state index in [4.69, 9.17) is 0 Å². The summed E-state index contributed by atoms with van der Waals surface area (Å²) in [5, 5.41) is 6.71. The van der Waals surface area contributed by atoms with Crippen LogP contribution in [-0.2, 0) is 0 Å². The average molecular weight is 262 g/mol. The molecule has 1 N–H and O–H groups in total. The van der Waals surface area contributed by atoms with Crippen LogP contribution in [0.15, 0.2) is 34.6 Å². The van der Waals surface area contributed by atoms with Crippen molar-refractivity contribution in [2.24, 2.45) is 4.99 Å². The van der Waals surface area contributed by atoms with Crippen LogP contribution >= 0.6 is 23.1 Å². The highest BCUT2D eigenvalue weighted by Crippen LogP contribution is 2.24. The Kier molecular flexibility index (Phi) is 2.86. The first kappa shape index (κ1) is 10.8. The Balaban J connectivity index is 1.92. The van der Waals surface area contributed by atoms with Crippen molar-refractivity contribution >= 4 is 44.3 Å². The fourth-order valence-electron chi connectivity index (χ4n) is 1.75. The largest absolute Gasteiger partial charge is 0.301 e. The van der Waals surface area contributed by atoms with Crippen LogP contribution in [0.3, 0.4) is 0 Å². The monoisotopic (exact) mass is 262 g/mol. The zero-order valence-electron chi connectivity index (χ0n) is 8.97. The molecular formula is C12H10N2OS2. The molecule has 1 aliphatic rings. The number of amides is 1. The summed E-state index contributed by atoms with van der Waals surface area (Å²) < 4.78 is 1.04. The van der Waals surface area contributed by atoms with Gasteiger partial charge in [-0.3, -0.25) is 9.79 Å². The number of aliphatic imine (C=N–C) groups is 1. The third-order valence-electron chi connectivity index (χ3n) is 2.53. The maximum Gasteiger partial charge on any atom is 0.258 e. The van der Waals surface area contributed by atoms with Gasteiger partial charge >= 0.3 is 0 Å². The molecule has 3 nitrogen and oxygen atoms in total. The molecule has 0 saturated heterocycles. The van der Waals surface area contributed by atoms with Gasteiger partial charge in [-0.25, -0.2) is 0 Å². The van der Waals surface area contributed by atoms with Crippen LogP contribution in [0.4, 0.5) is 0 Å². The van der Waals surface area contributed by atoms with E-state index in [1.807, 2.05) is 29.6 Å². The van der Waals surface area contributed by atoms with Gasteiger partial charge in [0, 0.05) is 10.5 Å². The van der Waals surface area contributed by atoms with Crippen LogP contribution in [0.2, 0.25) is 0 Å². The van der Waals surface area contributed by atoms with Crippen molar-refractivity contribution in [3.05, 3.63) is 35.2 Å². The molecule has 1 aromatic carbocycles. The predicted molar refractivity (Wildman–Crippen MR) is 74.1 cm³/mol. The summed E-state index contributed by atoms with van der Waals surface area (Å²) in [6.45, 7) is 0.795. The smallest absolute Gasteiger partial charge is 0.258 e. The minimum atomic E-state index is -0.0637. The number of carbonyl (C=O) groups excluding carboxylic acids is 1. The minimum absolute atomic E-state index is 0.0637. The molecule has 0 bridgehead atoms. The van der Waals surface area contributed by atoms with Gasteiger partial charge in [-0.15, -0.1) is 11.3 Å². The van der Waals surface area contributed by atoms with Crippen LogP contribution in [-0.4, -0.2) is 23.4 Å². The Morgan fingerprint density at radius 1 is 1.35 bits per heavy atom. The highest BCUT2D eigenvalue weighted by Gasteiger charge is 2.15. The number of hydrogen-bond donors (Lipinski definition) is 1. The number of hydrogen-bond acceptors (Lipinski definition) is 4. The first-order chi connectivity index (χ1) is 8.34. The van der Waals surface area contributed by atoms with E-state index in [0.29, 0.717) is 0 Å². The molecule has 0 fully saturated rings. The lowest BCUT2D eigenvalue weighted by molar-refractivity contribution is 0.0980. The van der Waals surface area contributed by atoms with Crippen molar-refractivity contribution in [2.75, 3.05) is 12.3 Å². The van der Waals surface area contributed by atoms with Gasteiger partial charge in [0.1, 0.15) is 0 Å². The van der Waals surface area contributed by atoms with Crippen molar-refractivity contribution in [2.45, 2.75) is 0 Å². The van der Waals surface area contributed by atoms with Crippen LogP contribution in [0.5, 0.6) is 0 Å². The Morgan fingerprint density at radius 2 is 2.29 bits per heavy atom. The first-order valence-electron chi connectivity index (χ1n) is 5.29. The summed E-state index contributed by atoms with van der Waals surface area (Å²) in [7, 11) is 0. The van der Waals surface area contributed by atoms with E-state index in [0.717, 1.165) is 33.1 Å². The fraction of sp³-hybridized carbons (Fsp3) is 0.167. The van der Waals surface area contributed by atoms with Gasteiger partial charge in [0.25, 0.3) is 5.91 Å². The Morgan fingerprint density at radius 3 is 3.12 bits per heavy atom. The van der Waals surface area contributed by atoms with Gasteiger partial charge in [-0.2, -0.15) is 0 Å². The van der Waals surface area contributed by atoms with Gasteiger partial charge in [0.05, 0.1) is 12.1 Å². The van der Waals surface area contributed by atoms with Gasteiger partial charge in [-0.05, 0) is 22.9 Å². The number of nitrogens with one attached hydrogen (secondary N) is 1. The maximum atomic E-state index is 12.1. The van der Waals surface area contributed by atoms with Gasteiger partial charge in [0.15, 0.2) is 5.17 Å². The lowest BCUT2D eigenvalue weighted by atomic mass is 10.1. The minimum Gasteiger partial charge on any atom is -0.301 e. The number of nitrogens with zero attached hydrogens (tertiary/aromatic N) is 1. The highest BCUT2D eigenvalue weighted by molar-refractivity contribution is 8.14. The molecule has 0 radical (unpaired) electrons. The molecule has 0 unspecified atom stereocenters. The quantitative estimate of drug-likeness (QED) is 0.858. The molecule has 0 saturated carbocycles. The molecule has 86 valence electrons. The van der Waals surface area contributed by atoms with E-state index in [-0.39, 0.29) is 5.91 Å².